The van der Waals surface area contributed by atoms with Crippen LogP contribution in [0.1, 0.15) is 56.2 Å². The van der Waals surface area contributed by atoms with Crippen molar-refractivity contribution in [3.63, 3.8) is 0 Å². The number of unbranched alkanes of at least 4 members (excludes halogenated alkanes) is 2. The number of hydrogen-bond acceptors (Lipinski definition) is 2. The average molecular weight is 261 g/mol. The Morgan fingerprint density at radius 1 is 1.05 bits per heavy atom. The first-order valence-electron chi connectivity index (χ1n) is 7.70. The van der Waals surface area contributed by atoms with Crippen LogP contribution in [0.4, 0.5) is 0 Å². The minimum atomic E-state index is 1.05. The van der Waals surface area contributed by atoms with Crippen molar-refractivity contribution < 1.29 is 4.42 Å². The predicted molar refractivity (Wildman–Crippen MR) is 82.0 cm³/mol. The molecular formula is C17H27NO. The highest BCUT2D eigenvalue weighted by atomic mass is 16.3. The molecule has 0 radical (unpaired) electrons. The van der Waals surface area contributed by atoms with E-state index in [0.29, 0.717) is 0 Å². The fraction of sp³-hybridized carbons (Fsp3) is 0.647. The number of fused-ring (bicyclic) bond motifs is 2. The molecule has 0 saturated carbocycles. The Bertz CT molecular complexity index is 492. The zero-order valence-corrected chi connectivity index (χ0v) is 12.9. The summed E-state index contributed by atoms with van der Waals surface area (Å²) in [6, 6.07) is 2.16. The molecule has 0 aliphatic rings. The molecule has 2 bridgehead atoms. The third-order valence-electron chi connectivity index (χ3n) is 4.05. The molecule has 0 N–H and O–H groups in total. The van der Waals surface area contributed by atoms with Crippen molar-refractivity contribution in [1.29, 1.82) is 0 Å². The first kappa shape index (κ1) is 14.4. The van der Waals surface area contributed by atoms with Gasteiger partial charge in [0.15, 0.2) is 0 Å². The van der Waals surface area contributed by atoms with Gasteiger partial charge in [-0.15, -0.1) is 0 Å². The fourth-order valence-electron chi connectivity index (χ4n) is 2.73. The maximum Gasteiger partial charge on any atom is 0.135 e. The van der Waals surface area contributed by atoms with Crippen molar-refractivity contribution in [3.8, 4) is 0 Å². The molecule has 0 aliphatic carbocycles. The highest BCUT2D eigenvalue weighted by molar-refractivity contribution is 5.75. The van der Waals surface area contributed by atoms with Gasteiger partial charge in [0.2, 0.25) is 0 Å². The van der Waals surface area contributed by atoms with Gasteiger partial charge in [0.1, 0.15) is 11.2 Å². The molecule has 106 valence electrons. The summed E-state index contributed by atoms with van der Waals surface area (Å²) in [5.41, 5.74) is 6.27. The van der Waals surface area contributed by atoms with E-state index >= 15 is 0 Å². The van der Waals surface area contributed by atoms with Crippen LogP contribution in [-0.4, -0.2) is 18.0 Å². The van der Waals surface area contributed by atoms with Crippen LogP contribution in [0.5, 0.6) is 0 Å². The summed E-state index contributed by atoms with van der Waals surface area (Å²) >= 11 is 0. The molecule has 0 spiro atoms. The van der Waals surface area contributed by atoms with Crippen LogP contribution < -0.4 is 0 Å². The zero-order valence-electron chi connectivity index (χ0n) is 12.9. The second-order valence-electron chi connectivity index (χ2n) is 5.71. The van der Waals surface area contributed by atoms with Crippen molar-refractivity contribution in [2.45, 2.75) is 59.9 Å². The van der Waals surface area contributed by atoms with Gasteiger partial charge in [0.25, 0.3) is 0 Å². The number of nitrogens with zero attached hydrogens (tertiary/aromatic N) is 1. The second kappa shape index (κ2) is 6.42. The summed E-state index contributed by atoms with van der Waals surface area (Å²) < 4.78 is 5.86. The van der Waals surface area contributed by atoms with Gasteiger partial charge in [-0.1, -0.05) is 26.7 Å². The molecule has 0 atom stereocenters. The molecule has 2 aromatic heterocycles. The molecule has 0 unspecified atom stereocenters. The van der Waals surface area contributed by atoms with Crippen LogP contribution in [0.25, 0.3) is 11.2 Å². The molecule has 0 aliphatic heterocycles. The van der Waals surface area contributed by atoms with Crippen molar-refractivity contribution in [2.75, 3.05) is 13.1 Å². The predicted octanol–water partition coefficient (Wildman–Crippen LogP) is 4.89. The molecule has 2 nitrogen and oxygen atoms in total. The van der Waals surface area contributed by atoms with E-state index in [1.165, 1.54) is 55.5 Å². The van der Waals surface area contributed by atoms with Crippen molar-refractivity contribution in [1.82, 2.24) is 4.90 Å². The summed E-state index contributed by atoms with van der Waals surface area (Å²) in [4.78, 5) is 2.59. The summed E-state index contributed by atoms with van der Waals surface area (Å²) in [5.74, 6) is 0. The third kappa shape index (κ3) is 3.11. The Kier molecular flexibility index (Phi) is 4.87. The molecule has 19 heavy (non-hydrogen) atoms. The Morgan fingerprint density at radius 2 is 1.68 bits per heavy atom. The van der Waals surface area contributed by atoms with Crippen molar-refractivity contribution in [2.24, 2.45) is 0 Å². The summed E-state index contributed by atoms with van der Waals surface area (Å²) in [5, 5.41) is 0. The topological polar surface area (TPSA) is 16.4 Å². The number of aryl methyl sites for hydroxylation is 2. The molecule has 0 amide bonds. The average Bonchev–Trinajstić information content (AvgIpc) is 2.91. The van der Waals surface area contributed by atoms with Gasteiger partial charge < -0.3 is 4.42 Å². The molecule has 0 saturated heterocycles. The minimum Gasteiger partial charge on any atom is -0.456 e. The maximum atomic E-state index is 5.86. The zero-order chi connectivity index (χ0) is 13.8. The largest absolute Gasteiger partial charge is 0.456 e. The first-order valence-corrected chi connectivity index (χ1v) is 7.70. The maximum absolute atomic E-state index is 5.86. The quantitative estimate of drug-likeness (QED) is 0.672. The molecule has 2 aromatic rings. The monoisotopic (exact) mass is 261 g/mol. The van der Waals surface area contributed by atoms with Crippen molar-refractivity contribution in [3.05, 3.63) is 22.8 Å². The van der Waals surface area contributed by atoms with E-state index in [1.54, 1.807) is 0 Å². The lowest BCUT2D eigenvalue weighted by Gasteiger charge is -2.22. The third-order valence-corrected chi connectivity index (χ3v) is 4.05. The van der Waals surface area contributed by atoms with Gasteiger partial charge in [-0.3, -0.25) is 4.90 Å². The van der Waals surface area contributed by atoms with Gasteiger partial charge in [-0.2, -0.15) is 0 Å². The fourth-order valence-corrected chi connectivity index (χ4v) is 2.73. The molecule has 0 fully saturated rings. The number of furan rings is 2. The SMILES string of the molecule is CCCCN(CCCC)Cc1c(C)c2cc(C)c1o2. The van der Waals surface area contributed by atoms with Gasteiger partial charge in [0.05, 0.1) is 0 Å². The number of rotatable bonds is 8. The molecule has 2 heteroatoms. The minimum absolute atomic E-state index is 1.05. The lowest BCUT2D eigenvalue weighted by Crippen LogP contribution is -2.25. The van der Waals surface area contributed by atoms with E-state index in [2.05, 4.69) is 38.7 Å². The van der Waals surface area contributed by atoms with Gasteiger partial charge in [-0.25, -0.2) is 0 Å². The van der Waals surface area contributed by atoms with Crippen LogP contribution in [0, 0.1) is 13.8 Å². The lowest BCUT2D eigenvalue weighted by atomic mass is 10.0. The molecule has 2 rings (SSSR count). The molecular weight excluding hydrogens is 234 g/mol. The van der Waals surface area contributed by atoms with E-state index in [9.17, 15) is 0 Å². The Hall–Kier alpha value is -1.02. The number of benzene rings is 1. The summed E-state index contributed by atoms with van der Waals surface area (Å²) in [7, 11) is 0. The molecule has 2 heterocycles. The van der Waals surface area contributed by atoms with Crippen LogP contribution >= 0.6 is 0 Å². The molecule has 0 aromatic carbocycles. The summed E-state index contributed by atoms with van der Waals surface area (Å²) in [6.07, 6.45) is 5.11. The number of hydrogen-bond donors (Lipinski definition) is 0. The Morgan fingerprint density at radius 3 is 2.21 bits per heavy atom. The normalized spacial score (nSPS) is 12.1. The van der Waals surface area contributed by atoms with E-state index < -0.39 is 0 Å². The van der Waals surface area contributed by atoms with Crippen molar-refractivity contribution >= 4 is 11.2 Å². The first-order chi connectivity index (χ1) is 9.17. The highest BCUT2D eigenvalue weighted by Gasteiger charge is 2.18. The van der Waals surface area contributed by atoms with Crippen LogP contribution in [0.3, 0.4) is 0 Å². The van der Waals surface area contributed by atoms with Crippen LogP contribution in [0.2, 0.25) is 0 Å². The lowest BCUT2D eigenvalue weighted by molar-refractivity contribution is 0.257. The van der Waals surface area contributed by atoms with Gasteiger partial charge in [-0.05, 0) is 57.0 Å². The van der Waals surface area contributed by atoms with E-state index in [1.807, 2.05) is 0 Å². The second-order valence-corrected chi connectivity index (χ2v) is 5.71. The highest BCUT2D eigenvalue weighted by Crippen LogP contribution is 2.32. The van der Waals surface area contributed by atoms with E-state index in [4.69, 9.17) is 4.42 Å². The van der Waals surface area contributed by atoms with Crippen LogP contribution in [-0.2, 0) is 6.54 Å². The Balaban J connectivity index is 2.09. The standard InChI is InChI=1S/C17H27NO/c1-5-7-9-18(10-8-6-2)12-15-14(4)16-11-13(3)17(15)19-16/h11H,5-10,12H2,1-4H3. The van der Waals surface area contributed by atoms with E-state index in [0.717, 1.165) is 17.7 Å². The Labute approximate surface area is 117 Å². The summed E-state index contributed by atoms with van der Waals surface area (Å²) in [6.45, 7) is 12.3. The van der Waals surface area contributed by atoms with Gasteiger partial charge in [0, 0.05) is 12.1 Å². The van der Waals surface area contributed by atoms with Crippen LogP contribution in [0.15, 0.2) is 10.5 Å². The smallest absolute Gasteiger partial charge is 0.135 e. The van der Waals surface area contributed by atoms with E-state index in [-0.39, 0.29) is 0 Å². The van der Waals surface area contributed by atoms with Gasteiger partial charge >= 0.3 is 0 Å².